The van der Waals surface area contributed by atoms with Crippen molar-refractivity contribution in [2.75, 3.05) is 5.75 Å². The van der Waals surface area contributed by atoms with Gasteiger partial charge in [0.05, 0.1) is 16.9 Å². The minimum absolute atomic E-state index is 0.255. The van der Waals surface area contributed by atoms with E-state index in [1.165, 1.54) is 6.92 Å². The van der Waals surface area contributed by atoms with Gasteiger partial charge < -0.3 is 5.11 Å². The molecule has 1 N–H and O–H groups in total. The molecule has 0 heterocycles. The first kappa shape index (κ1) is 13.4. The van der Waals surface area contributed by atoms with Crippen LogP contribution in [0.2, 0.25) is 0 Å². The van der Waals surface area contributed by atoms with Gasteiger partial charge in [-0.05, 0) is 12.8 Å². The molecule has 0 radical (unpaired) electrons. The van der Waals surface area contributed by atoms with E-state index < -0.39 is 27.0 Å². The highest BCUT2D eigenvalue weighted by molar-refractivity contribution is 7.92. The predicted octanol–water partition coefficient (Wildman–Crippen LogP) is 1.31. The maximum Gasteiger partial charge on any atom is 0.307 e. The summed E-state index contributed by atoms with van der Waals surface area (Å²) in [5.74, 6) is -2.13. The molecule has 0 aromatic rings. The summed E-state index contributed by atoms with van der Waals surface area (Å²) in [5, 5.41) is 8.21. The lowest BCUT2D eigenvalue weighted by Gasteiger charge is -2.15. The molecule has 1 unspecified atom stereocenters. The Kier molecular flexibility index (Phi) is 5.12. The summed E-state index contributed by atoms with van der Waals surface area (Å²) in [6.07, 6.45) is 1.09. The molecule has 14 heavy (non-hydrogen) atoms. The number of rotatable bonds is 6. The summed E-state index contributed by atoms with van der Waals surface area (Å²) in [6, 6.07) is 0. The highest BCUT2D eigenvalue weighted by Crippen LogP contribution is 2.14. The first-order valence-electron chi connectivity index (χ1n) is 4.79. The third-order valence-corrected chi connectivity index (χ3v) is 4.97. The van der Waals surface area contributed by atoms with Gasteiger partial charge >= 0.3 is 5.97 Å². The zero-order chi connectivity index (χ0) is 11.4. The Labute approximate surface area is 85.2 Å². The minimum atomic E-state index is -3.25. The molecule has 4 nitrogen and oxygen atoms in total. The summed E-state index contributed by atoms with van der Waals surface area (Å²) in [4.78, 5) is 10.5. The minimum Gasteiger partial charge on any atom is -0.481 e. The van der Waals surface area contributed by atoms with Crippen LogP contribution in [0.5, 0.6) is 0 Å². The van der Waals surface area contributed by atoms with Crippen LogP contribution in [-0.2, 0) is 14.6 Å². The normalized spacial score (nSPS) is 14.3. The van der Waals surface area contributed by atoms with Crippen molar-refractivity contribution in [1.82, 2.24) is 0 Å². The van der Waals surface area contributed by atoms with Gasteiger partial charge in [0.15, 0.2) is 9.84 Å². The lowest BCUT2D eigenvalue weighted by molar-refractivity contribution is -0.140. The number of hydrogen-bond acceptors (Lipinski definition) is 3. The van der Waals surface area contributed by atoms with Crippen LogP contribution < -0.4 is 0 Å². The van der Waals surface area contributed by atoms with Crippen molar-refractivity contribution in [3.63, 3.8) is 0 Å². The number of carboxylic acid groups (broad SMARTS) is 1. The Morgan fingerprint density at radius 3 is 2.00 bits per heavy atom. The molecule has 0 fully saturated rings. The van der Waals surface area contributed by atoms with Crippen LogP contribution in [0, 0.1) is 5.92 Å². The van der Waals surface area contributed by atoms with E-state index in [1.807, 2.05) is 0 Å². The average molecular weight is 222 g/mol. The topological polar surface area (TPSA) is 71.4 Å². The van der Waals surface area contributed by atoms with Crippen molar-refractivity contribution in [2.45, 2.75) is 38.9 Å². The molecule has 0 amide bonds. The summed E-state index contributed by atoms with van der Waals surface area (Å²) >= 11 is 0. The van der Waals surface area contributed by atoms with Crippen molar-refractivity contribution in [1.29, 1.82) is 0 Å². The molecular weight excluding hydrogens is 204 g/mol. The summed E-state index contributed by atoms with van der Waals surface area (Å²) in [7, 11) is -3.25. The van der Waals surface area contributed by atoms with Crippen molar-refractivity contribution in [3.05, 3.63) is 0 Å². The van der Waals surface area contributed by atoms with Crippen LogP contribution in [-0.4, -0.2) is 30.5 Å². The molecule has 0 aromatic heterocycles. The Morgan fingerprint density at radius 2 is 1.71 bits per heavy atom. The highest BCUT2D eigenvalue weighted by atomic mass is 32.2. The standard InChI is InChI=1S/C9H18O4S/c1-4-8(5-2)14(12,13)6-7(3)9(10)11/h7-8H,4-6H2,1-3H3,(H,10,11). The van der Waals surface area contributed by atoms with E-state index in [0.29, 0.717) is 12.8 Å². The summed E-state index contributed by atoms with van der Waals surface area (Å²) < 4.78 is 23.3. The van der Waals surface area contributed by atoms with E-state index in [1.54, 1.807) is 13.8 Å². The molecule has 84 valence electrons. The predicted molar refractivity (Wildman–Crippen MR) is 55.0 cm³/mol. The lowest BCUT2D eigenvalue weighted by Crippen LogP contribution is -2.29. The van der Waals surface area contributed by atoms with Crippen LogP contribution in [0.3, 0.4) is 0 Å². The smallest absolute Gasteiger partial charge is 0.307 e. The highest BCUT2D eigenvalue weighted by Gasteiger charge is 2.27. The first-order valence-corrected chi connectivity index (χ1v) is 6.51. The van der Waals surface area contributed by atoms with E-state index in [-0.39, 0.29) is 5.75 Å². The van der Waals surface area contributed by atoms with E-state index in [2.05, 4.69) is 0 Å². The molecule has 0 aliphatic heterocycles. The number of sulfone groups is 1. The molecule has 0 aliphatic carbocycles. The van der Waals surface area contributed by atoms with Gasteiger partial charge in [-0.3, -0.25) is 4.79 Å². The van der Waals surface area contributed by atoms with Crippen LogP contribution in [0.4, 0.5) is 0 Å². The Balaban J connectivity index is 4.56. The maximum atomic E-state index is 11.6. The zero-order valence-electron chi connectivity index (χ0n) is 8.86. The Hall–Kier alpha value is -0.580. The monoisotopic (exact) mass is 222 g/mol. The SMILES string of the molecule is CCC(CC)S(=O)(=O)CC(C)C(=O)O. The fraction of sp³-hybridized carbons (Fsp3) is 0.889. The lowest BCUT2D eigenvalue weighted by atomic mass is 10.2. The molecular formula is C9H18O4S. The van der Waals surface area contributed by atoms with E-state index >= 15 is 0 Å². The second-order valence-electron chi connectivity index (χ2n) is 3.51. The van der Waals surface area contributed by atoms with Gasteiger partial charge in [0.1, 0.15) is 0 Å². The Morgan fingerprint density at radius 1 is 1.29 bits per heavy atom. The van der Waals surface area contributed by atoms with Gasteiger partial charge in [0.2, 0.25) is 0 Å². The number of aliphatic carboxylic acids is 1. The summed E-state index contributed by atoms with van der Waals surface area (Å²) in [6.45, 7) is 5.02. The molecule has 1 atom stereocenters. The van der Waals surface area contributed by atoms with Gasteiger partial charge in [-0.2, -0.15) is 0 Å². The van der Waals surface area contributed by atoms with Crippen LogP contribution in [0.25, 0.3) is 0 Å². The molecule has 0 rings (SSSR count). The van der Waals surface area contributed by atoms with Crippen LogP contribution >= 0.6 is 0 Å². The molecule has 5 heteroatoms. The van der Waals surface area contributed by atoms with Gasteiger partial charge in [-0.25, -0.2) is 8.42 Å². The zero-order valence-corrected chi connectivity index (χ0v) is 9.67. The fourth-order valence-corrected chi connectivity index (χ4v) is 3.48. The third-order valence-electron chi connectivity index (χ3n) is 2.32. The number of carbonyl (C=O) groups is 1. The van der Waals surface area contributed by atoms with Crippen LogP contribution in [0.15, 0.2) is 0 Å². The molecule has 0 bridgehead atoms. The van der Waals surface area contributed by atoms with E-state index in [9.17, 15) is 13.2 Å². The number of hydrogen-bond donors (Lipinski definition) is 1. The van der Waals surface area contributed by atoms with Crippen molar-refractivity contribution in [2.24, 2.45) is 5.92 Å². The molecule has 0 saturated heterocycles. The third kappa shape index (κ3) is 3.65. The second kappa shape index (κ2) is 5.34. The molecule has 0 spiro atoms. The van der Waals surface area contributed by atoms with Gasteiger partial charge in [0, 0.05) is 0 Å². The molecule has 0 aliphatic rings. The maximum absolute atomic E-state index is 11.6. The quantitative estimate of drug-likeness (QED) is 0.735. The van der Waals surface area contributed by atoms with Crippen LogP contribution in [0.1, 0.15) is 33.6 Å². The molecule has 0 saturated carbocycles. The van der Waals surface area contributed by atoms with Crippen molar-refractivity contribution >= 4 is 15.8 Å². The Bertz CT molecular complexity index is 277. The summed E-state index contributed by atoms with van der Waals surface area (Å²) in [5.41, 5.74) is 0. The first-order chi connectivity index (χ1) is 6.35. The van der Waals surface area contributed by atoms with Crippen molar-refractivity contribution in [3.8, 4) is 0 Å². The van der Waals surface area contributed by atoms with Gasteiger partial charge in [-0.1, -0.05) is 20.8 Å². The van der Waals surface area contributed by atoms with Gasteiger partial charge in [0.25, 0.3) is 0 Å². The largest absolute Gasteiger partial charge is 0.481 e. The van der Waals surface area contributed by atoms with Gasteiger partial charge in [-0.15, -0.1) is 0 Å². The average Bonchev–Trinajstić information content (AvgIpc) is 2.04. The van der Waals surface area contributed by atoms with E-state index in [4.69, 9.17) is 5.11 Å². The second-order valence-corrected chi connectivity index (χ2v) is 5.83. The molecule has 0 aromatic carbocycles. The number of carboxylic acids is 1. The van der Waals surface area contributed by atoms with E-state index in [0.717, 1.165) is 0 Å². The fourth-order valence-electron chi connectivity index (χ4n) is 1.35. The van der Waals surface area contributed by atoms with Crippen molar-refractivity contribution < 1.29 is 18.3 Å².